The Labute approximate surface area is 128 Å². The fourth-order valence-corrected chi connectivity index (χ4v) is 2.99. The zero-order valence-corrected chi connectivity index (χ0v) is 12.3. The van der Waals surface area contributed by atoms with Gasteiger partial charge in [0, 0.05) is 6.04 Å². The predicted octanol–water partition coefficient (Wildman–Crippen LogP) is 1.32. The number of carbonyl (C=O) groups excluding carboxylic acids is 2. The van der Waals surface area contributed by atoms with Crippen LogP contribution in [0.1, 0.15) is 24.0 Å². The molecule has 3 atom stereocenters. The van der Waals surface area contributed by atoms with Crippen LogP contribution in [0.5, 0.6) is 0 Å². The Morgan fingerprint density at radius 1 is 1.32 bits per heavy atom. The average Bonchev–Trinajstić information content (AvgIpc) is 3.19. The summed E-state index contributed by atoms with van der Waals surface area (Å²) >= 11 is 0. The van der Waals surface area contributed by atoms with Gasteiger partial charge < -0.3 is 10.0 Å². The Kier molecular flexibility index (Phi) is 3.60. The fourth-order valence-electron chi connectivity index (χ4n) is 2.99. The molecular formula is C16H18N2O4. The van der Waals surface area contributed by atoms with E-state index in [0.29, 0.717) is 19.3 Å². The second-order valence-electron chi connectivity index (χ2n) is 5.99. The highest BCUT2D eigenvalue weighted by Crippen LogP contribution is 2.39. The molecule has 1 aliphatic heterocycles. The molecule has 1 heterocycles. The van der Waals surface area contributed by atoms with E-state index in [1.807, 2.05) is 31.2 Å². The summed E-state index contributed by atoms with van der Waals surface area (Å²) in [6.07, 6.45) is 1.60. The van der Waals surface area contributed by atoms with E-state index in [2.05, 4.69) is 5.32 Å². The van der Waals surface area contributed by atoms with Gasteiger partial charge in [0.25, 0.3) is 5.91 Å². The Bertz CT molecular complexity index is 626. The van der Waals surface area contributed by atoms with Crippen molar-refractivity contribution in [2.45, 2.75) is 38.3 Å². The first-order valence-electron chi connectivity index (χ1n) is 7.39. The van der Waals surface area contributed by atoms with Crippen LogP contribution in [-0.4, -0.2) is 40.0 Å². The summed E-state index contributed by atoms with van der Waals surface area (Å²) in [6, 6.07) is 6.64. The largest absolute Gasteiger partial charge is 0.481 e. The summed E-state index contributed by atoms with van der Waals surface area (Å²) in [5.74, 6) is -1.78. The molecule has 2 aliphatic rings. The summed E-state index contributed by atoms with van der Waals surface area (Å²) in [6.45, 7) is 2.01. The van der Waals surface area contributed by atoms with Gasteiger partial charge in [0.05, 0.1) is 5.92 Å². The van der Waals surface area contributed by atoms with Gasteiger partial charge in [0.15, 0.2) is 0 Å². The molecule has 2 fully saturated rings. The van der Waals surface area contributed by atoms with E-state index >= 15 is 0 Å². The number of rotatable bonds is 5. The van der Waals surface area contributed by atoms with Gasteiger partial charge in [-0.05, 0) is 31.7 Å². The van der Waals surface area contributed by atoms with E-state index in [1.165, 1.54) is 10.5 Å². The van der Waals surface area contributed by atoms with Crippen molar-refractivity contribution >= 4 is 17.9 Å². The first kappa shape index (κ1) is 14.6. The lowest BCUT2D eigenvalue weighted by molar-refractivity contribution is -0.139. The molecule has 1 aromatic rings. The van der Waals surface area contributed by atoms with E-state index < -0.39 is 24.0 Å². The lowest BCUT2D eigenvalue weighted by Crippen LogP contribution is -2.38. The average molecular weight is 302 g/mol. The molecule has 1 aromatic carbocycles. The monoisotopic (exact) mass is 302 g/mol. The van der Waals surface area contributed by atoms with Crippen LogP contribution in [0.2, 0.25) is 0 Å². The zero-order valence-electron chi connectivity index (χ0n) is 12.3. The molecule has 3 amide bonds. The second kappa shape index (κ2) is 5.44. The molecule has 0 radical (unpaired) electrons. The highest BCUT2D eigenvalue weighted by Gasteiger charge is 2.54. The number of carbonyl (C=O) groups is 3. The van der Waals surface area contributed by atoms with Crippen LogP contribution in [0.25, 0.3) is 0 Å². The highest BCUT2D eigenvalue weighted by atomic mass is 16.4. The quantitative estimate of drug-likeness (QED) is 0.803. The molecule has 6 nitrogen and oxygen atoms in total. The van der Waals surface area contributed by atoms with Crippen molar-refractivity contribution in [2.75, 3.05) is 0 Å². The lowest BCUT2D eigenvalue weighted by atomic mass is 10.0. The van der Waals surface area contributed by atoms with Crippen LogP contribution in [0.4, 0.5) is 4.79 Å². The van der Waals surface area contributed by atoms with Crippen molar-refractivity contribution in [1.82, 2.24) is 10.2 Å². The van der Waals surface area contributed by atoms with Crippen LogP contribution in [0, 0.1) is 12.8 Å². The van der Waals surface area contributed by atoms with Crippen LogP contribution in [0.15, 0.2) is 24.3 Å². The number of carboxylic acid groups (broad SMARTS) is 1. The van der Waals surface area contributed by atoms with Crippen molar-refractivity contribution in [3.05, 3.63) is 35.4 Å². The maximum absolute atomic E-state index is 12.0. The summed E-state index contributed by atoms with van der Waals surface area (Å²) in [5, 5.41) is 11.3. The zero-order chi connectivity index (χ0) is 15.9. The minimum Gasteiger partial charge on any atom is -0.481 e. The van der Waals surface area contributed by atoms with Gasteiger partial charge >= 0.3 is 12.0 Å². The normalized spacial score (nSPS) is 27.0. The Morgan fingerprint density at radius 3 is 2.59 bits per heavy atom. The minimum atomic E-state index is -0.908. The van der Waals surface area contributed by atoms with Crippen molar-refractivity contribution in [3.63, 3.8) is 0 Å². The van der Waals surface area contributed by atoms with E-state index in [0.717, 1.165) is 5.56 Å². The lowest BCUT2D eigenvalue weighted by Gasteiger charge is -2.21. The molecule has 0 bridgehead atoms. The van der Waals surface area contributed by atoms with Crippen LogP contribution in [-0.2, 0) is 16.0 Å². The third kappa shape index (κ3) is 2.68. The first-order valence-corrected chi connectivity index (χ1v) is 7.39. The molecule has 116 valence electrons. The molecule has 6 heteroatoms. The fraction of sp³-hybridized carbons (Fsp3) is 0.438. The minimum absolute atomic E-state index is 0.326. The number of carboxylic acids is 1. The summed E-state index contributed by atoms with van der Waals surface area (Å²) < 4.78 is 0. The van der Waals surface area contributed by atoms with Crippen LogP contribution >= 0.6 is 0 Å². The molecule has 3 rings (SSSR count). The molecule has 1 saturated carbocycles. The molecule has 0 spiro atoms. The van der Waals surface area contributed by atoms with Crippen LogP contribution in [0.3, 0.4) is 0 Å². The van der Waals surface area contributed by atoms with Crippen molar-refractivity contribution in [1.29, 1.82) is 0 Å². The number of benzene rings is 1. The standard InChI is InChI=1S/C16H18N2O4/c1-9-2-4-10(5-3-9)6-7-12-14(19)17-16(22)18(12)13-8-11(13)15(20)21/h2-5,11-13H,6-8H2,1H3,(H,20,21)(H,17,19,22). The van der Waals surface area contributed by atoms with E-state index in [4.69, 9.17) is 5.11 Å². The van der Waals surface area contributed by atoms with Crippen molar-refractivity contribution < 1.29 is 19.5 Å². The third-order valence-corrected chi connectivity index (χ3v) is 4.36. The SMILES string of the molecule is Cc1ccc(CCC2C(=O)NC(=O)N2C2CC2C(=O)O)cc1. The number of urea groups is 1. The smallest absolute Gasteiger partial charge is 0.325 e. The van der Waals surface area contributed by atoms with Gasteiger partial charge in [-0.1, -0.05) is 29.8 Å². The van der Waals surface area contributed by atoms with Gasteiger partial charge in [-0.3, -0.25) is 14.9 Å². The van der Waals surface area contributed by atoms with Crippen LogP contribution < -0.4 is 5.32 Å². The molecule has 2 N–H and O–H groups in total. The van der Waals surface area contributed by atoms with E-state index in [9.17, 15) is 14.4 Å². The van der Waals surface area contributed by atoms with Crippen molar-refractivity contribution in [2.24, 2.45) is 5.92 Å². The number of amides is 3. The number of nitrogens with one attached hydrogen (secondary N) is 1. The highest BCUT2D eigenvalue weighted by molar-refractivity contribution is 6.04. The Morgan fingerprint density at radius 2 is 2.00 bits per heavy atom. The number of hydrogen-bond donors (Lipinski definition) is 2. The van der Waals surface area contributed by atoms with Crippen molar-refractivity contribution in [3.8, 4) is 0 Å². The van der Waals surface area contributed by atoms with Gasteiger partial charge in [-0.25, -0.2) is 4.79 Å². The molecule has 1 aliphatic carbocycles. The summed E-state index contributed by atoms with van der Waals surface area (Å²) in [4.78, 5) is 36.3. The maximum atomic E-state index is 12.0. The van der Waals surface area contributed by atoms with Gasteiger partial charge in [-0.2, -0.15) is 0 Å². The predicted molar refractivity (Wildman–Crippen MR) is 78.2 cm³/mol. The van der Waals surface area contributed by atoms with Gasteiger partial charge in [0.2, 0.25) is 0 Å². The number of nitrogens with zero attached hydrogens (tertiary/aromatic N) is 1. The number of aryl methyl sites for hydroxylation is 2. The Hall–Kier alpha value is -2.37. The maximum Gasteiger partial charge on any atom is 0.325 e. The molecule has 1 saturated heterocycles. The van der Waals surface area contributed by atoms with E-state index in [-0.39, 0.29) is 11.9 Å². The molecule has 22 heavy (non-hydrogen) atoms. The summed E-state index contributed by atoms with van der Waals surface area (Å²) in [7, 11) is 0. The molecule has 0 aromatic heterocycles. The van der Waals surface area contributed by atoms with Gasteiger partial charge in [0.1, 0.15) is 6.04 Å². The van der Waals surface area contributed by atoms with Gasteiger partial charge in [-0.15, -0.1) is 0 Å². The number of hydrogen-bond acceptors (Lipinski definition) is 3. The molecular weight excluding hydrogens is 284 g/mol. The first-order chi connectivity index (χ1) is 10.5. The Balaban J connectivity index is 1.67. The number of imide groups is 1. The third-order valence-electron chi connectivity index (χ3n) is 4.36. The summed E-state index contributed by atoms with van der Waals surface area (Å²) in [5.41, 5.74) is 2.27. The number of aliphatic carboxylic acids is 1. The second-order valence-corrected chi connectivity index (χ2v) is 5.99. The van der Waals surface area contributed by atoms with E-state index in [1.54, 1.807) is 0 Å². The molecule has 3 unspecified atom stereocenters. The topological polar surface area (TPSA) is 86.7 Å².